The fraction of sp³-hybridized carbons (Fsp3) is 0.136. The van der Waals surface area contributed by atoms with Crippen molar-refractivity contribution in [3.05, 3.63) is 96.1 Å². The van der Waals surface area contributed by atoms with Crippen LogP contribution in [-0.2, 0) is 6.67 Å². The summed E-state index contributed by atoms with van der Waals surface area (Å²) in [5, 5.41) is 15.7. The lowest BCUT2D eigenvalue weighted by molar-refractivity contribution is 0.173. The summed E-state index contributed by atoms with van der Waals surface area (Å²) in [5.74, 6) is 0. The molecular weight excluding hydrogens is 334 g/mol. The van der Waals surface area contributed by atoms with E-state index in [2.05, 4.69) is 63.9 Å². The van der Waals surface area contributed by atoms with Crippen molar-refractivity contribution < 1.29 is 0 Å². The normalized spacial score (nSPS) is 16.7. The van der Waals surface area contributed by atoms with E-state index in [0.717, 1.165) is 23.2 Å². The van der Waals surface area contributed by atoms with Gasteiger partial charge in [-0.15, -0.1) is 5.10 Å². The molecule has 0 amide bonds. The van der Waals surface area contributed by atoms with E-state index in [4.69, 9.17) is 5.10 Å². The molecule has 0 bridgehead atoms. The third-order valence-electron chi connectivity index (χ3n) is 4.99. The van der Waals surface area contributed by atoms with E-state index in [0.29, 0.717) is 6.67 Å². The van der Waals surface area contributed by atoms with Crippen LogP contribution in [0.4, 0.5) is 0 Å². The Hall–Kier alpha value is -3.47. The third kappa shape index (κ3) is 2.97. The van der Waals surface area contributed by atoms with E-state index < -0.39 is 0 Å². The molecule has 0 saturated carbocycles. The van der Waals surface area contributed by atoms with E-state index in [-0.39, 0.29) is 6.04 Å². The molecule has 1 aliphatic rings. The average Bonchev–Trinajstić information content (AvgIpc) is 3.35. The van der Waals surface area contributed by atoms with Gasteiger partial charge in [-0.3, -0.25) is 5.01 Å². The van der Waals surface area contributed by atoms with Gasteiger partial charge in [-0.2, -0.15) is 5.10 Å². The smallest absolute Gasteiger partial charge is 0.131 e. The highest BCUT2D eigenvalue weighted by atomic mass is 15.6. The predicted octanol–water partition coefficient (Wildman–Crippen LogP) is 4.24. The second kappa shape index (κ2) is 6.68. The lowest BCUT2D eigenvalue weighted by atomic mass is 9.99. The molecule has 1 unspecified atom stereocenters. The lowest BCUT2D eigenvalue weighted by Crippen LogP contribution is -2.23. The van der Waals surface area contributed by atoms with Crippen LogP contribution in [0.5, 0.6) is 0 Å². The highest BCUT2D eigenvalue weighted by molar-refractivity contribution is 6.01. The molecule has 0 spiro atoms. The van der Waals surface area contributed by atoms with Crippen LogP contribution >= 0.6 is 0 Å². The number of nitrogens with zero attached hydrogens (tertiary/aromatic N) is 5. The number of hydrogen-bond acceptors (Lipinski definition) is 4. The molecule has 27 heavy (non-hydrogen) atoms. The highest BCUT2D eigenvalue weighted by Crippen LogP contribution is 2.33. The van der Waals surface area contributed by atoms with E-state index in [9.17, 15) is 0 Å². The Labute approximate surface area is 157 Å². The van der Waals surface area contributed by atoms with E-state index in [1.807, 2.05) is 41.1 Å². The SMILES string of the molecule is c1ccc(C2=NN(Cn3nnc4ccccc43)C(c3ccccc3)C2)cc1. The number of hydrazone groups is 1. The molecule has 0 saturated heterocycles. The zero-order valence-corrected chi connectivity index (χ0v) is 14.8. The molecule has 2 heterocycles. The Morgan fingerprint density at radius 2 is 1.52 bits per heavy atom. The minimum absolute atomic E-state index is 0.185. The molecule has 3 aromatic carbocycles. The van der Waals surface area contributed by atoms with Crippen molar-refractivity contribution in [2.24, 2.45) is 5.10 Å². The van der Waals surface area contributed by atoms with Crippen LogP contribution in [-0.4, -0.2) is 25.7 Å². The van der Waals surface area contributed by atoms with Gasteiger partial charge in [0, 0.05) is 6.42 Å². The first-order chi connectivity index (χ1) is 13.4. The van der Waals surface area contributed by atoms with Crippen LogP contribution in [0.25, 0.3) is 11.0 Å². The second-order valence-electron chi connectivity index (χ2n) is 6.70. The Morgan fingerprint density at radius 3 is 2.33 bits per heavy atom. The minimum Gasteiger partial charge on any atom is -0.267 e. The van der Waals surface area contributed by atoms with E-state index in [1.165, 1.54) is 11.1 Å². The van der Waals surface area contributed by atoms with Gasteiger partial charge in [-0.25, -0.2) is 4.68 Å². The molecule has 0 N–H and O–H groups in total. The number of hydrogen-bond donors (Lipinski definition) is 0. The summed E-state index contributed by atoms with van der Waals surface area (Å²) in [6.07, 6.45) is 0.876. The number of benzene rings is 3. The molecule has 4 aromatic rings. The molecule has 1 atom stereocenters. The summed E-state index contributed by atoms with van der Waals surface area (Å²) in [4.78, 5) is 0. The van der Waals surface area contributed by atoms with Gasteiger partial charge in [0.25, 0.3) is 0 Å². The lowest BCUT2D eigenvalue weighted by Gasteiger charge is -2.23. The fourth-order valence-corrected chi connectivity index (χ4v) is 3.61. The Balaban J connectivity index is 1.52. The largest absolute Gasteiger partial charge is 0.267 e. The van der Waals surface area contributed by atoms with Gasteiger partial charge >= 0.3 is 0 Å². The van der Waals surface area contributed by atoms with Gasteiger partial charge in [-0.1, -0.05) is 78.0 Å². The van der Waals surface area contributed by atoms with Gasteiger partial charge in [0.05, 0.1) is 17.3 Å². The second-order valence-corrected chi connectivity index (χ2v) is 6.70. The molecular formula is C22H19N5. The fourth-order valence-electron chi connectivity index (χ4n) is 3.61. The molecule has 1 aliphatic heterocycles. The van der Waals surface area contributed by atoms with Crippen molar-refractivity contribution in [2.75, 3.05) is 0 Å². The number of aromatic nitrogens is 3. The summed E-state index contributed by atoms with van der Waals surface area (Å²) in [5.41, 5.74) is 5.46. The van der Waals surface area contributed by atoms with Gasteiger partial charge in [-0.05, 0) is 23.3 Å². The standard InChI is InChI=1S/C22H19N5/c1-3-9-17(10-4-1)20-15-22(18-11-5-2-6-12-18)26(24-20)16-27-21-14-8-7-13-19(21)23-25-27/h1-14,22H,15-16H2. The first kappa shape index (κ1) is 15.8. The Morgan fingerprint density at radius 1 is 0.815 bits per heavy atom. The van der Waals surface area contributed by atoms with Crippen LogP contribution in [0.1, 0.15) is 23.6 Å². The van der Waals surface area contributed by atoms with Gasteiger partial charge in [0.1, 0.15) is 12.2 Å². The predicted molar refractivity (Wildman–Crippen MR) is 106 cm³/mol. The first-order valence-corrected chi connectivity index (χ1v) is 9.11. The molecule has 5 nitrogen and oxygen atoms in total. The van der Waals surface area contributed by atoms with Crippen molar-refractivity contribution in [2.45, 2.75) is 19.1 Å². The topological polar surface area (TPSA) is 46.3 Å². The van der Waals surface area contributed by atoms with Crippen molar-refractivity contribution in [1.29, 1.82) is 0 Å². The van der Waals surface area contributed by atoms with Crippen molar-refractivity contribution in [3.8, 4) is 0 Å². The maximum absolute atomic E-state index is 4.96. The summed E-state index contributed by atoms with van der Waals surface area (Å²) in [6, 6.07) is 29.1. The molecule has 1 aromatic heterocycles. The minimum atomic E-state index is 0.185. The molecule has 5 heteroatoms. The van der Waals surface area contributed by atoms with Crippen molar-refractivity contribution in [3.63, 3.8) is 0 Å². The molecule has 0 fully saturated rings. The maximum atomic E-state index is 4.96. The summed E-state index contributed by atoms with van der Waals surface area (Å²) >= 11 is 0. The van der Waals surface area contributed by atoms with Crippen molar-refractivity contribution in [1.82, 2.24) is 20.0 Å². The monoisotopic (exact) mass is 353 g/mol. The summed E-state index contributed by atoms with van der Waals surface area (Å²) in [7, 11) is 0. The zero-order valence-electron chi connectivity index (χ0n) is 14.8. The molecule has 5 rings (SSSR count). The number of fused-ring (bicyclic) bond motifs is 1. The quantitative estimate of drug-likeness (QED) is 0.551. The number of para-hydroxylation sites is 1. The summed E-state index contributed by atoms with van der Waals surface area (Å²) < 4.78 is 1.92. The zero-order chi connectivity index (χ0) is 18.1. The molecule has 0 aliphatic carbocycles. The maximum Gasteiger partial charge on any atom is 0.131 e. The number of rotatable bonds is 4. The average molecular weight is 353 g/mol. The molecule has 0 radical (unpaired) electrons. The van der Waals surface area contributed by atoms with Crippen LogP contribution in [0, 0.1) is 0 Å². The van der Waals surface area contributed by atoms with E-state index in [1.54, 1.807) is 0 Å². The van der Waals surface area contributed by atoms with Crippen LogP contribution < -0.4 is 0 Å². The Bertz CT molecular complexity index is 1090. The van der Waals surface area contributed by atoms with Crippen molar-refractivity contribution >= 4 is 16.7 Å². The van der Waals surface area contributed by atoms with Gasteiger partial charge < -0.3 is 0 Å². The van der Waals surface area contributed by atoms with E-state index >= 15 is 0 Å². The van der Waals surface area contributed by atoms with Crippen LogP contribution in [0.2, 0.25) is 0 Å². The highest BCUT2D eigenvalue weighted by Gasteiger charge is 2.29. The van der Waals surface area contributed by atoms with Crippen LogP contribution in [0.3, 0.4) is 0 Å². The van der Waals surface area contributed by atoms with Crippen LogP contribution in [0.15, 0.2) is 90.0 Å². The summed E-state index contributed by atoms with van der Waals surface area (Å²) in [6.45, 7) is 0.566. The molecule has 132 valence electrons. The van der Waals surface area contributed by atoms with Gasteiger partial charge in [0.15, 0.2) is 0 Å². The first-order valence-electron chi connectivity index (χ1n) is 9.11. The Kier molecular flexibility index (Phi) is 3.90. The van der Waals surface area contributed by atoms with Gasteiger partial charge in [0.2, 0.25) is 0 Å². The third-order valence-corrected chi connectivity index (χ3v) is 4.99.